The van der Waals surface area contributed by atoms with Gasteiger partial charge in [0.2, 0.25) is 0 Å². The highest BCUT2D eigenvalue weighted by Gasteiger charge is 1.99. The molecule has 0 aliphatic heterocycles. The molecule has 2 rings (SSSR count). The first kappa shape index (κ1) is 10.8. The second-order valence-corrected chi connectivity index (χ2v) is 3.70. The third-order valence-electron chi connectivity index (χ3n) is 2.37. The Hall–Kier alpha value is -1.68. The van der Waals surface area contributed by atoms with Crippen LogP contribution in [0.3, 0.4) is 0 Å². The van der Waals surface area contributed by atoms with Gasteiger partial charge >= 0.3 is 0 Å². The Kier molecular flexibility index (Phi) is 3.31. The van der Waals surface area contributed by atoms with Crippen molar-refractivity contribution in [3.63, 3.8) is 0 Å². The number of nitrogens with two attached hydrogens (primary N) is 1. The second kappa shape index (κ2) is 4.90. The average Bonchev–Trinajstić information content (AvgIpc) is 2.70. The maximum absolute atomic E-state index is 12.7. The van der Waals surface area contributed by atoms with Crippen LogP contribution in [0.15, 0.2) is 36.8 Å². The van der Waals surface area contributed by atoms with Gasteiger partial charge in [0.05, 0.1) is 12.0 Å². The molecule has 0 aliphatic carbocycles. The van der Waals surface area contributed by atoms with Gasteiger partial charge in [-0.3, -0.25) is 0 Å². The fourth-order valence-corrected chi connectivity index (χ4v) is 1.57. The minimum atomic E-state index is -0.210. The van der Waals surface area contributed by atoms with E-state index in [1.165, 1.54) is 12.1 Å². The van der Waals surface area contributed by atoms with Gasteiger partial charge in [0, 0.05) is 19.2 Å². The van der Waals surface area contributed by atoms with Gasteiger partial charge in [0.25, 0.3) is 0 Å². The maximum Gasteiger partial charge on any atom is 0.123 e. The molecule has 3 nitrogen and oxygen atoms in total. The SMILES string of the molecule is NCCc1cn(Cc2ccc(F)cc2)cn1. The molecule has 0 fully saturated rings. The fraction of sp³-hybridized carbons (Fsp3) is 0.250. The molecule has 2 N–H and O–H groups in total. The number of hydrogen-bond acceptors (Lipinski definition) is 2. The molecule has 0 unspecified atom stereocenters. The summed E-state index contributed by atoms with van der Waals surface area (Å²) in [5.41, 5.74) is 7.49. The Morgan fingerprint density at radius 2 is 2.00 bits per heavy atom. The summed E-state index contributed by atoms with van der Waals surface area (Å²) in [4.78, 5) is 4.23. The predicted molar refractivity (Wildman–Crippen MR) is 60.5 cm³/mol. The summed E-state index contributed by atoms with van der Waals surface area (Å²) >= 11 is 0. The van der Waals surface area contributed by atoms with Crippen molar-refractivity contribution in [3.05, 3.63) is 53.9 Å². The van der Waals surface area contributed by atoms with Crippen molar-refractivity contribution in [2.45, 2.75) is 13.0 Å². The molecule has 0 amide bonds. The Morgan fingerprint density at radius 1 is 1.25 bits per heavy atom. The van der Waals surface area contributed by atoms with Crippen LogP contribution in [0.2, 0.25) is 0 Å². The molecule has 1 heterocycles. The molecule has 1 aromatic carbocycles. The van der Waals surface area contributed by atoms with Crippen molar-refractivity contribution in [1.82, 2.24) is 9.55 Å². The Bertz CT molecular complexity index is 448. The Labute approximate surface area is 93.7 Å². The summed E-state index contributed by atoms with van der Waals surface area (Å²) in [6.45, 7) is 1.31. The highest BCUT2D eigenvalue weighted by molar-refractivity contribution is 5.16. The lowest BCUT2D eigenvalue weighted by Crippen LogP contribution is -2.02. The standard InChI is InChI=1S/C12H14FN3/c13-11-3-1-10(2-4-11)7-16-8-12(5-6-14)15-9-16/h1-4,8-9H,5-7,14H2. The number of imidazole rings is 1. The van der Waals surface area contributed by atoms with Crippen LogP contribution in [0.4, 0.5) is 4.39 Å². The zero-order valence-corrected chi connectivity index (χ0v) is 8.94. The van der Waals surface area contributed by atoms with E-state index in [9.17, 15) is 4.39 Å². The lowest BCUT2D eigenvalue weighted by Gasteiger charge is -2.01. The summed E-state index contributed by atoms with van der Waals surface area (Å²) in [5.74, 6) is -0.210. The van der Waals surface area contributed by atoms with Gasteiger partial charge in [-0.15, -0.1) is 0 Å². The third-order valence-corrected chi connectivity index (χ3v) is 2.37. The molecule has 16 heavy (non-hydrogen) atoms. The van der Waals surface area contributed by atoms with E-state index in [0.717, 1.165) is 17.7 Å². The monoisotopic (exact) mass is 219 g/mol. The lowest BCUT2D eigenvalue weighted by atomic mass is 10.2. The van der Waals surface area contributed by atoms with E-state index in [1.807, 2.05) is 10.8 Å². The van der Waals surface area contributed by atoms with Crippen LogP contribution in [0.5, 0.6) is 0 Å². The van der Waals surface area contributed by atoms with Gasteiger partial charge in [0.1, 0.15) is 5.82 Å². The molecule has 0 atom stereocenters. The Balaban J connectivity index is 2.05. The van der Waals surface area contributed by atoms with Gasteiger partial charge < -0.3 is 10.3 Å². The van der Waals surface area contributed by atoms with Crippen molar-refractivity contribution < 1.29 is 4.39 Å². The largest absolute Gasteiger partial charge is 0.333 e. The van der Waals surface area contributed by atoms with E-state index < -0.39 is 0 Å². The van der Waals surface area contributed by atoms with Crippen molar-refractivity contribution >= 4 is 0 Å². The van der Waals surface area contributed by atoms with Crippen LogP contribution >= 0.6 is 0 Å². The molecule has 0 bridgehead atoms. The quantitative estimate of drug-likeness (QED) is 0.848. The van der Waals surface area contributed by atoms with Gasteiger partial charge in [-0.1, -0.05) is 12.1 Å². The minimum absolute atomic E-state index is 0.210. The van der Waals surface area contributed by atoms with Crippen molar-refractivity contribution in [2.75, 3.05) is 6.54 Å². The molecule has 84 valence electrons. The first-order valence-electron chi connectivity index (χ1n) is 5.23. The summed E-state index contributed by atoms with van der Waals surface area (Å²) in [6.07, 6.45) is 4.53. The predicted octanol–water partition coefficient (Wildman–Crippen LogP) is 1.57. The number of hydrogen-bond donors (Lipinski definition) is 1. The number of halogens is 1. The summed E-state index contributed by atoms with van der Waals surface area (Å²) in [6, 6.07) is 6.48. The Morgan fingerprint density at radius 3 is 2.69 bits per heavy atom. The molecule has 4 heteroatoms. The highest BCUT2D eigenvalue weighted by Crippen LogP contribution is 2.06. The number of aromatic nitrogens is 2. The smallest absolute Gasteiger partial charge is 0.123 e. The molecule has 0 saturated carbocycles. The van der Waals surface area contributed by atoms with E-state index in [-0.39, 0.29) is 5.82 Å². The van der Waals surface area contributed by atoms with E-state index >= 15 is 0 Å². The zero-order chi connectivity index (χ0) is 11.4. The van der Waals surface area contributed by atoms with Crippen LogP contribution in [-0.4, -0.2) is 16.1 Å². The zero-order valence-electron chi connectivity index (χ0n) is 8.94. The highest BCUT2D eigenvalue weighted by atomic mass is 19.1. The molecule has 0 radical (unpaired) electrons. The van der Waals surface area contributed by atoms with Gasteiger partial charge in [0.15, 0.2) is 0 Å². The molecular formula is C12H14FN3. The molecular weight excluding hydrogens is 205 g/mol. The second-order valence-electron chi connectivity index (χ2n) is 3.70. The molecule has 0 saturated heterocycles. The average molecular weight is 219 g/mol. The van der Waals surface area contributed by atoms with E-state index in [4.69, 9.17) is 5.73 Å². The van der Waals surface area contributed by atoms with Crippen LogP contribution in [0.1, 0.15) is 11.3 Å². The summed E-state index contributed by atoms with van der Waals surface area (Å²) in [5, 5.41) is 0. The van der Waals surface area contributed by atoms with E-state index in [2.05, 4.69) is 4.98 Å². The number of rotatable bonds is 4. The van der Waals surface area contributed by atoms with Crippen LogP contribution in [0, 0.1) is 5.82 Å². The summed E-state index contributed by atoms with van der Waals surface area (Å²) in [7, 11) is 0. The molecule has 2 aromatic rings. The minimum Gasteiger partial charge on any atom is -0.333 e. The van der Waals surface area contributed by atoms with E-state index in [1.54, 1.807) is 18.5 Å². The van der Waals surface area contributed by atoms with Gasteiger partial charge in [-0.05, 0) is 24.2 Å². The van der Waals surface area contributed by atoms with Gasteiger partial charge in [-0.25, -0.2) is 9.37 Å². The molecule has 0 spiro atoms. The maximum atomic E-state index is 12.7. The summed E-state index contributed by atoms with van der Waals surface area (Å²) < 4.78 is 14.7. The fourth-order valence-electron chi connectivity index (χ4n) is 1.57. The van der Waals surface area contributed by atoms with E-state index in [0.29, 0.717) is 13.1 Å². The third kappa shape index (κ3) is 2.67. The van der Waals surface area contributed by atoms with Crippen LogP contribution in [-0.2, 0) is 13.0 Å². The van der Waals surface area contributed by atoms with Crippen LogP contribution in [0.25, 0.3) is 0 Å². The van der Waals surface area contributed by atoms with Crippen molar-refractivity contribution in [3.8, 4) is 0 Å². The molecule has 1 aromatic heterocycles. The van der Waals surface area contributed by atoms with Crippen LogP contribution < -0.4 is 5.73 Å². The van der Waals surface area contributed by atoms with Crippen molar-refractivity contribution in [1.29, 1.82) is 0 Å². The normalized spacial score (nSPS) is 10.6. The number of nitrogens with zero attached hydrogens (tertiary/aromatic N) is 2. The first-order valence-corrected chi connectivity index (χ1v) is 5.23. The molecule has 0 aliphatic rings. The van der Waals surface area contributed by atoms with Gasteiger partial charge in [-0.2, -0.15) is 0 Å². The lowest BCUT2D eigenvalue weighted by molar-refractivity contribution is 0.626. The number of benzene rings is 1. The van der Waals surface area contributed by atoms with Crippen molar-refractivity contribution in [2.24, 2.45) is 5.73 Å². The topological polar surface area (TPSA) is 43.8 Å². The first-order chi connectivity index (χ1) is 7.78.